The van der Waals surface area contributed by atoms with E-state index in [0.717, 1.165) is 36.9 Å². The molecule has 4 rings (SSSR count). The number of nitrogens with one attached hydrogen (secondary N) is 1. The summed E-state index contributed by atoms with van der Waals surface area (Å²) in [5, 5.41) is 5.52. The average Bonchev–Trinajstić information content (AvgIpc) is 2.83. The van der Waals surface area contributed by atoms with Gasteiger partial charge in [-0.2, -0.15) is 0 Å². The summed E-state index contributed by atoms with van der Waals surface area (Å²) in [5.74, 6) is 0.846. The van der Waals surface area contributed by atoms with Gasteiger partial charge >= 0.3 is 0 Å². The molecule has 1 fully saturated rings. The van der Waals surface area contributed by atoms with Crippen molar-refractivity contribution in [3.05, 3.63) is 71.4 Å². The lowest BCUT2D eigenvalue weighted by molar-refractivity contribution is -0.130. The van der Waals surface area contributed by atoms with Gasteiger partial charge in [-0.25, -0.2) is 4.98 Å². The lowest BCUT2D eigenvalue weighted by Gasteiger charge is -2.30. The minimum absolute atomic E-state index is 0.00567. The summed E-state index contributed by atoms with van der Waals surface area (Å²) in [6, 6.07) is 18.1. The number of nitrogens with zero attached hydrogens (tertiary/aromatic N) is 1. The first-order valence-electron chi connectivity index (χ1n) is 11.9. The fourth-order valence-electron chi connectivity index (χ4n) is 5.08. The third-order valence-corrected chi connectivity index (χ3v) is 7.01. The standard InChI is InChI=1S/C28H33N3O2/c1-18-20(14-16-27(29)30-18)13-15-26(32)19(2)31-28(33)23-10-5-9-22(17-23)25-12-6-8-21-7-3-4-11-24(21)25/h3-4,6-8,11-12,14,16,19,22-23H,5,9-10,13,15,17H2,1-2H3,(H2,29,30)(H,31,33)/t19-,22+,23+/m0/s1. The Hall–Kier alpha value is -3.21. The number of ketones is 1. The molecule has 3 N–H and O–H groups in total. The van der Waals surface area contributed by atoms with Gasteiger partial charge in [0.25, 0.3) is 0 Å². The van der Waals surface area contributed by atoms with Gasteiger partial charge in [-0.1, -0.05) is 55.0 Å². The smallest absolute Gasteiger partial charge is 0.223 e. The normalized spacial score (nSPS) is 19.2. The molecule has 1 heterocycles. The van der Waals surface area contributed by atoms with Crippen molar-refractivity contribution in [3.63, 3.8) is 0 Å². The molecule has 5 nitrogen and oxygen atoms in total. The van der Waals surface area contributed by atoms with Gasteiger partial charge in [0.15, 0.2) is 5.78 Å². The number of nitrogens with two attached hydrogens (primary N) is 1. The van der Waals surface area contributed by atoms with Crippen molar-refractivity contribution >= 4 is 28.3 Å². The zero-order valence-electron chi connectivity index (χ0n) is 19.5. The molecule has 33 heavy (non-hydrogen) atoms. The van der Waals surface area contributed by atoms with Crippen LogP contribution >= 0.6 is 0 Å². The highest BCUT2D eigenvalue weighted by molar-refractivity contribution is 5.90. The number of amides is 1. The maximum Gasteiger partial charge on any atom is 0.223 e. The van der Waals surface area contributed by atoms with Crippen LogP contribution in [0, 0.1) is 12.8 Å². The number of nitrogen functional groups attached to an aromatic ring is 1. The molecular weight excluding hydrogens is 410 g/mol. The molecule has 2 aromatic carbocycles. The van der Waals surface area contributed by atoms with E-state index in [4.69, 9.17) is 5.73 Å². The van der Waals surface area contributed by atoms with Gasteiger partial charge in [0.1, 0.15) is 5.82 Å². The topological polar surface area (TPSA) is 85.1 Å². The minimum Gasteiger partial charge on any atom is -0.384 e. The van der Waals surface area contributed by atoms with Gasteiger partial charge in [0.2, 0.25) is 5.91 Å². The van der Waals surface area contributed by atoms with E-state index in [1.54, 1.807) is 13.0 Å². The van der Waals surface area contributed by atoms with Crippen molar-refractivity contribution in [2.75, 3.05) is 5.73 Å². The zero-order valence-corrected chi connectivity index (χ0v) is 19.5. The number of hydrogen-bond acceptors (Lipinski definition) is 4. The second kappa shape index (κ2) is 10.2. The molecule has 3 atom stereocenters. The average molecular weight is 444 g/mol. The Kier molecular flexibility index (Phi) is 7.07. The van der Waals surface area contributed by atoms with Gasteiger partial charge in [0, 0.05) is 18.0 Å². The monoisotopic (exact) mass is 443 g/mol. The van der Waals surface area contributed by atoms with Crippen molar-refractivity contribution in [1.29, 1.82) is 0 Å². The van der Waals surface area contributed by atoms with E-state index in [-0.39, 0.29) is 17.6 Å². The van der Waals surface area contributed by atoms with E-state index in [9.17, 15) is 9.59 Å². The van der Waals surface area contributed by atoms with Crippen molar-refractivity contribution < 1.29 is 9.59 Å². The molecule has 5 heteroatoms. The fourth-order valence-corrected chi connectivity index (χ4v) is 5.08. The Labute approximate surface area is 195 Å². The quantitative estimate of drug-likeness (QED) is 0.532. The molecule has 0 radical (unpaired) electrons. The molecule has 1 amide bonds. The van der Waals surface area contributed by atoms with Crippen molar-refractivity contribution in [2.45, 2.75) is 64.3 Å². The maximum absolute atomic E-state index is 13.0. The highest BCUT2D eigenvalue weighted by atomic mass is 16.2. The largest absolute Gasteiger partial charge is 0.384 e. The Morgan fingerprint density at radius 2 is 1.88 bits per heavy atom. The first-order valence-corrected chi connectivity index (χ1v) is 11.9. The number of hydrogen-bond donors (Lipinski definition) is 2. The van der Waals surface area contributed by atoms with Crippen LogP contribution in [0.15, 0.2) is 54.6 Å². The number of aromatic nitrogens is 1. The molecule has 3 aromatic rings. The van der Waals surface area contributed by atoms with Crippen LogP contribution in [-0.4, -0.2) is 22.7 Å². The van der Waals surface area contributed by atoms with E-state index >= 15 is 0 Å². The fraction of sp³-hybridized carbons (Fsp3) is 0.393. The zero-order chi connectivity index (χ0) is 23.4. The second-order valence-corrected chi connectivity index (χ2v) is 9.31. The van der Waals surface area contributed by atoms with Gasteiger partial charge < -0.3 is 11.1 Å². The Balaban J connectivity index is 1.35. The highest BCUT2D eigenvalue weighted by Crippen LogP contribution is 2.39. The lowest BCUT2D eigenvalue weighted by Crippen LogP contribution is -2.42. The van der Waals surface area contributed by atoms with Gasteiger partial charge in [0.05, 0.1) is 6.04 Å². The molecule has 0 bridgehead atoms. The van der Waals surface area contributed by atoms with Crippen LogP contribution in [0.25, 0.3) is 10.8 Å². The number of pyridine rings is 1. The van der Waals surface area contributed by atoms with Crippen LogP contribution in [0.3, 0.4) is 0 Å². The molecule has 1 aliphatic rings. The lowest BCUT2D eigenvalue weighted by atomic mass is 9.76. The summed E-state index contributed by atoms with van der Waals surface area (Å²) in [5.41, 5.74) is 8.90. The summed E-state index contributed by atoms with van der Waals surface area (Å²) in [6.45, 7) is 3.69. The minimum atomic E-state index is -0.488. The van der Waals surface area contributed by atoms with Gasteiger partial charge in [-0.3, -0.25) is 9.59 Å². The van der Waals surface area contributed by atoms with E-state index in [1.807, 2.05) is 13.0 Å². The molecule has 172 valence electrons. The number of carbonyl (C=O) groups is 2. The summed E-state index contributed by atoms with van der Waals surface area (Å²) < 4.78 is 0. The van der Waals surface area contributed by atoms with Crippen LogP contribution in [0.1, 0.15) is 61.8 Å². The number of Topliss-reactive ketones (excluding diaryl/α,β-unsaturated/α-hetero) is 1. The number of fused-ring (bicyclic) bond motifs is 1. The molecule has 1 saturated carbocycles. The third-order valence-electron chi connectivity index (χ3n) is 7.01. The second-order valence-electron chi connectivity index (χ2n) is 9.31. The molecule has 0 saturated heterocycles. The van der Waals surface area contributed by atoms with Crippen LogP contribution in [0.5, 0.6) is 0 Å². The van der Waals surface area contributed by atoms with Crippen LogP contribution in [0.4, 0.5) is 5.82 Å². The van der Waals surface area contributed by atoms with Crippen LogP contribution in [-0.2, 0) is 16.0 Å². The number of benzene rings is 2. The van der Waals surface area contributed by atoms with E-state index in [1.165, 1.54) is 16.3 Å². The predicted molar refractivity (Wildman–Crippen MR) is 133 cm³/mol. The number of aryl methyl sites for hydroxylation is 2. The van der Waals surface area contributed by atoms with E-state index in [2.05, 4.69) is 52.8 Å². The molecule has 0 aliphatic heterocycles. The summed E-state index contributed by atoms with van der Waals surface area (Å²) in [4.78, 5) is 30.0. The van der Waals surface area contributed by atoms with Gasteiger partial charge in [-0.05, 0) is 73.4 Å². The summed E-state index contributed by atoms with van der Waals surface area (Å²) in [6.07, 6.45) is 4.81. The third kappa shape index (κ3) is 5.41. The predicted octanol–water partition coefficient (Wildman–Crippen LogP) is 5.11. The molecule has 1 aromatic heterocycles. The SMILES string of the molecule is Cc1nc(N)ccc1CCC(=O)[C@H](C)NC(=O)[C@@H]1CCC[C@@H](c2cccc3ccccc23)C1. The van der Waals surface area contributed by atoms with Crippen LogP contribution < -0.4 is 11.1 Å². The Morgan fingerprint density at radius 3 is 2.70 bits per heavy atom. The first kappa shape index (κ1) is 23.0. The maximum atomic E-state index is 13.0. The Bertz CT molecular complexity index is 1150. The summed E-state index contributed by atoms with van der Waals surface area (Å²) >= 11 is 0. The van der Waals surface area contributed by atoms with E-state index in [0.29, 0.717) is 24.6 Å². The van der Waals surface area contributed by atoms with E-state index < -0.39 is 6.04 Å². The Morgan fingerprint density at radius 1 is 1.09 bits per heavy atom. The van der Waals surface area contributed by atoms with Crippen molar-refractivity contribution in [2.24, 2.45) is 5.92 Å². The highest BCUT2D eigenvalue weighted by Gasteiger charge is 2.30. The molecular formula is C28H33N3O2. The molecule has 0 unspecified atom stereocenters. The molecule has 1 aliphatic carbocycles. The number of carbonyl (C=O) groups excluding carboxylic acids is 2. The van der Waals surface area contributed by atoms with Crippen molar-refractivity contribution in [3.8, 4) is 0 Å². The molecule has 0 spiro atoms. The van der Waals surface area contributed by atoms with Crippen LogP contribution in [0.2, 0.25) is 0 Å². The number of anilines is 1. The number of rotatable bonds is 7. The first-order chi connectivity index (χ1) is 15.9. The van der Waals surface area contributed by atoms with Gasteiger partial charge in [-0.15, -0.1) is 0 Å². The summed E-state index contributed by atoms with van der Waals surface area (Å²) in [7, 11) is 0. The van der Waals surface area contributed by atoms with Crippen molar-refractivity contribution in [1.82, 2.24) is 10.3 Å².